The van der Waals surface area contributed by atoms with Crippen LogP contribution in [-0.2, 0) is 33.6 Å². The highest BCUT2D eigenvalue weighted by Gasteiger charge is 2.34. The van der Waals surface area contributed by atoms with E-state index in [4.69, 9.17) is 83.7 Å². The first-order valence-corrected chi connectivity index (χ1v) is 25.1. The number of carboxylic acids is 1. The van der Waals surface area contributed by atoms with E-state index in [9.17, 15) is 38.7 Å². The van der Waals surface area contributed by atoms with Crippen LogP contribution in [0.25, 0.3) is 0 Å². The number of amides is 6. The Morgan fingerprint density at radius 2 is 0.462 bits per heavy atom. The van der Waals surface area contributed by atoms with E-state index in [1.165, 1.54) is 0 Å². The lowest BCUT2D eigenvalue weighted by Crippen LogP contribution is -2.60. The molecule has 0 saturated heterocycles. The van der Waals surface area contributed by atoms with Gasteiger partial charge >= 0.3 is 5.97 Å². The number of hydrogen-bond donors (Lipinski definition) is 29. The number of guanidine groups is 7. The van der Waals surface area contributed by atoms with E-state index < -0.39 is 89.7 Å². The van der Waals surface area contributed by atoms with Gasteiger partial charge in [-0.2, -0.15) is 0 Å². The SMILES string of the molecule is N=C(N)NCCC[C@H](NC(=O)[C@H](CCCNC(=N)N)NC(=O)[C@H](CCCNC(=N)N)NC(=O)[C@H](CCCNC(=N)N)NC(=O)[C@H](CCCNC(=N)N)NC(=O)[C@H](CCCNC(=N)N)NC(=O)[C@@H](N)CCCNC(=N)N)C(=O)O. The smallest absolute Gasteiger partial charge is 0.326 e. The molecule has 37 N–H and O–H groups in total. The molecular weight excluding hydrogens is 1020 g/mol. The van der Waals surface area contributed by atoms with Gasteiger partial charge in [0, 0.05) is 45.8 Å². The molecule has 6 amide bonds. The van der Waals surface area contributed by atoms with E-state index in [1.54, 1.807) is 0 Å². The number of aliphatic carboxylic acids is 1. The number of carbonyl (C=O) groups is 7. The highest BCUT2D eigenvalue weighted by Crippen LogP contribution is 2.09. The van der Waals surface area contributed by atoms with Gasteiger partial charge in [-0.3, -0.25) is 66.6 Å². The highest BCUT2D eigenvalue weighted by molar-refractivity contribution is 5.97. The summed E-state index contributed by atoms with van der Waals surface area (Å²) in [5.41, 5.74) is 44.0. The fourth-order valence-electron chi connectivity index (χ4n) is 7.09. The minimum Gasteiger partial charge on any atom is -0.480 e. The van der Waals surface area contributed by atoms with Gasteiger partial charge in [-0.15, -0.1) is 0 Å². The van der Waals surface area contributed by atoms with Gasteiger partial charge < -0.3 is 120 Å². The summed E-state index contributed by atoms with van der Waals surface area (Å²) in [5.74, 6) is -9.10. The van der Waals surface area contributed by atoms with Crippen molar-refractivity contribution < 1.29 is 38.7 Å². The van der Waals surface area contributed by atoms with E-state index in [0.717, 1.165) is 0 Å². The molecule has 0 aliphatic heterocycles. The molecule has 78 heavy (non-hydrogen) atoms. The van der Waals surface area contributed by atoms with Crippen LogP contribution in [0.4, 0.5) is 0 Å². The molecular formula is C42H86N28O8. The standard InChI is InChI=1S/C42H86N28O8/c43-22(8-1-15-58-36(44)45)29(71)65-23(9-2-16-59-37(46)47)30(72)66-24(10-3-17-60-38(48)49)31(73)67-25(11-4-18-61-39(50)51)32(74)68-26(12-5-19-62-40(52)53)33(75)69-27(13-6-20-63-41(54)55)34(76)70-28(35(77)78)14-7-21-64-42(56)57/h22-28H,1-21,43H2,(H,65,71)(H,66,72)(H,67,73)(H,68,74)(H,69,75)(H,70,76)(H,77,78)(H4,44,45,58)(H4,46,47,59)(H4,48,49,60)(H4,50,51,61)(H4,52,53,62)(H4,54,55,63)(H4,56,57,64)/t22-,23-,24-,25-,26-,27-,28-/m0/s1. The van der Waals surface area contributed by atoms with Crippen LogP contribution in [0.1, 0.15) is 89.9 Å². The van der Waals surface area contributed by atoms with Gasteiger partial charge in [0.1, 0.15) is 36.3 Å². The van der Waals surface area contributed by atoms with Gasteiger partial charge in [-0.1, -0.05) is 0 Å². The lowest BCUT2D eigenvalue weighted by atomic mass is 10.0. The van der Waals surface area contributed by atoms with Crippen LogP contribution in [0.5, 0.6) is 0 Å². The molecule has 0 heterocycles. The molecule has 0 aliphatic rings. The number of hydrogen-bond acceptors (Lipinski definition) is 15. The van der Waals surface area contributed by atoms with Gasteiger partial charge in [0.05, 0.1) is 6.04 Å². The average Bonchev–Trinajstić information content (AvgIpc) is 3.34. The van der Waals surface area contributed by atoms with E-state index in [-0.39, 0.29) is 165 Å². The summed E-state index contributed by atoms with van der Waals surface area (Å²) in [6, 6.07) is -9.62. The van der Waals surface area contributed by atoms with Gasteiger partial charge in [0.2, 0.25) is 35.4 Å². The van der Waals surface area contributed by atoms with Crippen LogP contribution in [0.15, 0.2) is 0 Å². The molecule has 0 aromatic carbocycles. The summed E-state index contributed by atoms with van der Waals surface area (Å²) < 4.78 is 0. The van der Waals surface area contributed by atoms with Crippen molar-refractivity contribution in [3.8, 4) is 0 Å². The lowest BCUT2D eigenvalue weighted by Gasteiger charge is -2.28. The van der Waals surface area contributed by atoms with E-state index in [1.807, 2.05) is 0 Å². The van der Waals surface area contributed by atoms with Crippen LogP contribution >= 0.6 is 0 Å². The first kappa shape index (κ1) is 69.1. The second-order valence-electron chi connectivity index (χ2n) is 17.7. The third kappa shape index (κ3) is 34.6. The molecule has 0 radical (unpaired) electrons. The summed E-state index contributed by atoms with van der Waals surface area (Å²) in [6.45, 7) is 0.719. The Bertz CT molecular complexity index is 2030. The van der Waals surface area contributed by atoms with Crippen LogP contribution < -0.4 is 115 Å². The number of rotatable bonds is 41. The molecule has 7 atom stereocenters. The summed E-state index contributed by atoms with van der Waals surface area (Å²) in [6.07, 6.45) is 0.597. The molecule has 36 nitrogen and oxygen atoms in total. The van der Waals surface area contributed by atoms with E-state index >= 15 is 0 Å². The van der Waals surface area contributed by atoms with Crippen molar-refractivity contribution in [2.24, 2.45) is 45.9 Å². The number of carboxylic acid groups (broad SMARTS) is 1. The summed E-state index contributed by atoms with van der Waals surface area (Å²) in [4.78, 5) is 96.4. The highest BCUT2D eigenvalue weighted by atomic mass is 16.4. The maximum absolute atomic E-state index is 14.4. The van der Waals surface area contributed by atoms with Gasteiger partial charge in [-0.25, -0.2) is 4.79 Å². The predicted molar refractivity (Wildman–Crippen MR) is 291 cm³/mol. The van der Waals surface area contributed by atoms with Crippen molar-refractivity contribution >= 4 is 83.1 Å². The number of carbonyl (C=O) groups excluding carboxylic acids is 6. The van der Waals surface area contributed by atoms with Crippen molar-refractivity contribution in [3.05, 3.63) is 0 Å². The number of nitrogens with two attached hydrogens (primary N) is 8. The maximum atomic E-state index is 14.4. The Hall–Kier alpha value is -8.86. The first-order valence-electron chi connectivity index (χ1n) is 25.1. The van der Waals surface area contributed by atoms with Gasteiger partial charge in [0.15, 0.2) is 41.7 Å². The van der Waals surface area contributed by atoms with Crippen molar-refractivity contribution in [1.29, 1.82) is 37.9 Å². The Kier molecular flexibility index (Phi) is 35.0. The molecule has 0 aliphatic carbocycles. The zero-order valence-electron chi connectivity index (χ0n) is 43.8. The summed E-state index contributed by atoms with van der Waals surface area (Å²) in [7, 11) is 0. The van der Waals surface area contributed by atoms with Gasteiger partial charge in [0.25, 0.3) is 0 Å². The van der Waals surface area contributed by atoms with Crippen LogP contribution in [0, 0.1) is 37.9 Å². The summed E-state index contributed by atoms with van der Waals surface area (Å²) >= 11 is 0. The molecule has 0 aromatic heterocycles. The Labute approximate surface area is 451 Å². The quantitative estimate of drug-likeness (QED) is 0.0154. The van der Waals surface area contributed by atoms with Crippen molar-refractivity contribution in [2.45, 2.75) is 132 Å². The minimum atomic E-state index is -1.47. The zero-order chi connectivity index (χ0) is 59.2. The molecule has 0 unspecified atom stereocenters. The molecule has 0 rings (SSSR count). The molecule has 0 fully saturated rings. The summed E-state index contributed by atoms with van der Waals surface area (Å²) in [5, 5.41) is 95.7. The van der Waals surface area contributed by atoms with Crippen molar-refractivity contribution in [3.63, 3.8) is 0 Å². The monoisotopic (exact) mass is 1110 g/mol. The first-order chi connectivity index (χ1) is 36.7. The molecule has 442 valence electrons. The molecule has 36 heteroatoms. The molecule has 0 bridgehead atoms. The topological polar surface area (TPSA) is 671 Å². The third-order valence-electron chi connectivity index (χ3n) is 11.0. The van der Waals surface area contributed by atoms with Crippen molar-refractivity contribution in [2.75, 3.05) is 45.8 Å². The molecule has 0 saturated carbocycles. The van der Waals surface area contributed by atoms with Crippen LogP contribution in [0.3, 0.4) is 0 Å². The van der Waals surface area contributed by atoms with E-state index in [0.29, 0.717) is 6.42 Å². The van der Waals surface area contributed by atoms with Crippen LogP contribution in [0.2, 0.25) is 0 Å². The largest absolute Gasteiger partial charge is 0.480 e. The molecule has 0 spiro atoms. The second-order valence-corrected chi connectivity index (χ2v) is 17.7. The fraction of sp³-hybridized carbons (Fsp3) is 0.667. The Morgan fingerprint density at radius 1 is 0.295 bits per heavy atom. The number of nitrogens with one attached hydrogen (secondary N) is 20. The van der Waals surface area contributed by atoms with E-state index in [2.05, 4.69) is 69.1 Å². The normalized spacial score (nSPS) is 13.2. The fourth-order valence-corrected chi connectivity index (χ4v) is 7.09. The average molecular weight is 1110 g/mol. The Morgan fingerprint density at radius 3 is 0.654 bits per heavy atom. The predicted octanol–water partition coefficient (Wildman–Crippen LogP) is -8.85. The van der Waals surface area contributed by atoms with Crippen LogP contribution in [-0.4, -0.2) is 176 Å². The lowest BCUT2D eigenvalue weighted by molar-refractivity contribution is -0.142. The third-order valence-corrected chi connectivity index (χ3v) is 11.0. The maximum Gasteiger partial charge on any atom is 0.326 e. The second kappa shape index (κ2) is 39.5. The van der Waals surface area contributed by atoms with Crippen molar-refractivity contribution in [1.82, 2.24) is 69.1 Å². The minimum absolute atomic E-state index is 0.0336. The van der Waals surface area contributed by atoms with Gasteiger partial charge in [-0.05, 0) is 89.9 Å². The Balaban J connectivity index is 7.06. The molecule has 0 aromatic rings. The zero-order valence-corrected chi connectivity index (χ0v) is 43.8.